The highest BCUT2D eigenvalue weighted by Gasteiger charge is 2.08. The van der Waals surface area contributed by atoms with Gasteiger partial charge in [0.2, 0.25) is 0 Å². The molecule has 0 aromatic heterocycles. The van der Waals surface area contributed by atoms with Crippen molar-refractivity contribution < 1.29 is 14.4 Å². The number of rotatable bonds is 6. The molecule has 0 unspecified atom stereocenters. The highest BCUT2D eigenvalue weighted by Crippen LogP contribution is 2.13. The third-order valence-electron chi connectivity index (χ3n) is 3.36. The van der Waals surface area contributed by atoms with Gasteiger partial charge in [0.15, 0.2) is 0 Å². The Hall–Kier alpha value is -2.33. The van der Waals surface area contributed by atoms with E-state index in [1.54, 1.807) is 0 Å². The number of oxime groups is 1. The summed E-state index contributed by atoms with van der Waals surface area (Å²) in [5, 5.41) is 4.80. The van der Waals surface area contributed by atoms with E-state index in [2.05, 4.69) is 5.16 Å². The fourth-order valence-electron chi connectivity index (χ4n) is 2.04. The molecule has 0 bridgehead atoms. The zero-order valence-corrected chi connectivity index (χ0v) is 13.8. The van der Waals surface area contributed by atoms with Gasteiger partial charge in [0.1, 0.15) is 6.61 Å². The molecule has 23 heavy (non-hydrogen) atoms. The summed E-state index contributed by atoms with van der Waals surface area (Å²) in [6.45, 7) is 2.15. The summed E-state index contributed by atoms with van der Waals surface area (Å²) in [5.41, 5.74) is 3.48. The molecule has 0 radical (unpaired) electrons. The fourth-order valence-corrected chi connectivity index (χ4v) is 2.17. The van der Waals surface area contributed by atoms with Gasteiger partial charge in [-0.05, 0) is 35.7 Å². The van der Waals surface area contributed by atoms with Crippen LogP contribution in [0.4, 0.5) is 0 Å². The van der Waals surface area contributed by atoms with E-state index < -0.39 is 0 Å². The van der Waals surface area contributed by atoms with Crippen LogP contribution in [0, 0.1) is 0 Å². The maximum absolute atomic E-state index is 11.4. The molecule has 0 heterocycles. The van der Waals surface area contributed by atoms with E-state index in [1.165, 1.54) is 7.11 Å². The molecule has 0 N–H and O–H groups in total. The van der Waals surface area contributed by atoms with Crippen LogP contribution < -0.4 is 0 Å². The van der Waals surface area contributed by atoms with Crippen molar-refractivity contribution in [3.63, 3.8) is 0 Å². The second-order valence-electron chi connectivity index (χ2n) is 4.98. The van der Waals surface area contributed by atoms with Crippen molar-refractivity contribution >= 4 is 23.3 Å². The van der Waals surface area contributed by atoms with Crippen molar-refractivity contribution in [1.82, 2.24) is 0 Å². The predicted molar refractivity (Wildman–Crippen MR) is 90.6 cm³/mol. The molecular formula is C18H18ClNO3. The van der Waals surface area contributed by atoms with Gasteiger partial charge < -0.3 is 9.57 Å². The fraction of sp³-hybridized carbons (Fsp3) is 0.222. The second-order valence-corrected chi connectivity index (χ2v) is 5.42. The molecule has 4 nitrogen and oxygen atoms in total. The summed E-state index contributed by atoms with van der Waals surface area (Å²) in [5.74, 6) is -0.279. The number of methoxy groups -OCH3 is 1. The van der Waals surface area contributed by atoms with Crippen LogP contribution in [0.3, 0.4) is 0 Å². The first-order valence-corrected chi connectivity index (χ1v) is 7.54. The number of ether oxygens (including phenoxy) is 1. The summed E-state index contributed by atoms with van der Waals surface area (Å²) >= 11 is 5.86. The molecule has 0 amide bonds. The predicted octanol–water partition coefficient (Wildman–Crippen LogP) is 4.00. The Morgan fingerprint density at radius 2 is 1.74 bits per heavy atom. The third kappa shape index (κ3) is 5.11. The zero-order chi connectivity index (χ0) is 16.7. The average molecular weight is 332 g/mol. The standard InChI is InChI=1S/C18H18ClNO3/c1-13(14-7-9-17(19)10-8-14)20-23-12-16-6-4-3-5-15(16)11-18(21)22-2/h3-10H,11-12H2,1-2H3/b20-13+. The molecule has 0 saturated heterocycles. The monoisotopic (exact) mass is 331 g/mol. The van der Waals surface area contributed by atoms with E-state index in [-0.39, 0.29) is 19.0 Å². The average Bonchev–Trinajstić information content (AvgIpc) is 2.56. The zero-order valence-electron chi connectivity index (χ0n) is 13.1. The molecule has 0 atom stereocenters. The van der Waals surface area contributed by atoms with Crippen molar-refractivity contribution in [2.45, 2.75) is 20.0 Å². The van der Waals surface area contributed by atoms with Crippen molar-refractivity contribution in [3.8, 4) is 0 Å². The molecule has 0 aliphatic rings. The Bertz CT molecular complexity index is 696. The van der Waals surface area contributed by atoms with Gasteiger partial charge >= 0.3 is 5.97 Å². The van der Waals surface area contributed by atoms with Crippen LogP contribution in [0.25, 0.3) is 0 Å². The summed E-state index contributed by atoms with van der Waals surface area (Å²) in [6, 6.07) is 14.9. The van der Waals surface area contributed by atoms with E-state index in [9.17, 15) is 4.79 Å². The molecule has 5 heteroatoms. The maximum atomic E-state index is 11.4. The quantitative estimate of drug-likeness (QED) is 0.456. The van der Waals surface area contributed by atoms with Gasteiger partial charge in [-0.25, -0.2) is 0 Å². The highest BCUT2D eigenvalue weighted by atomic mass is 35.5. The first-order chi connectivity index (χ1) is 11.1. The van der Waals surface area contributed by atoms with Crippen molar-refractivity contribution in [3.05, 3.63) is 70.2 Å². The number of carbonyl (C=O) groups is 1. The lowest BCUT2D eigenvalue weighted by atomic mass is 10.1. The lowest BCUT2D eigenvalue weighted by molar-refractivity contribution is -0.139. The number of benzene rings is 2. The van der Waals surface area contributed by atoms with Crippen LogP contribution in [0.1, 0.15) is 23.6 Å². The number of esters is 1. The van der Waals surface area contributed by atoms with Gasteiger partial charge in [-0.2, -0.15) is 0 Å². The van der Waals surface area contributed by atoms with Gasteiger partial charge in [0.25, 0.3) is 0 Å². The summed E-state index contributed by atoms with van der Waals surface area (Å²) < 4.78 is 4.70. The van der Waals surface area contributed by atoms with Gasteiger partial charge in [-0.3, -0.25) is 4.79 Å². The van der Waals surface area contributed by atoms with Gasteiger partial charge in [0.05, 0.1) is 19.2 Å². The van der Waals surface area contributed by atoms with E-state index in [4.69, 9.17) is 21.2 Å². The minimum atomic E-state index is -0.279. The molecule has 0 fully saturated rings. The Balaban J connectivity index is 2.02. The van der Waals surface area contributed by atoms with Crippen LogP contribution in [0.2, 0.25) is 5.02 Å². The molecule has 0 aliphatic heterocycles. The van der Waals surface area contributed by atoms with Gasteiger partial charge in [0, 0.05) is 5.02 Å². The Morgan fingerprint density at radius 3 is 2.39 bits per heavy atom. The number of halogens is 1. The van der Waals surface area contributed by atoms with Crippen molar-refractivity contribution in [2.24, 2.45) is 5.16 Å². The van der Waals surface area contributed by atoms with Crippen LogP contribution in [0.5, 0.6) is 0 Å². The van der Waals surface area contributed by atoms with Gasteiger partial charge in [-0.1, -0.05) is 53.2 Å². The van der Waals surface area contributed by atoms with E-state index in [1.807, 2.05) is 55.5 Å². The van der Waals surface area contributed by atoms with Crippen molar-refractivity contribution in [1.29, 1.82) is 0 Å². The number of hydrogen-bond donors (Lipinski definition) is 0. The van der Waals surface area contributed by atoms with Crippen LogP contribution >= 0.6 is 11.6 Å². The summed E-state index contributed by atoms with van der Waals surface area (Å²) in [6.07, 6.45) is 0.218. The molecule has 2 aromatic rings. The molecule has 0 aliphatic carbocycles. The normalized spacial score (nSPS) is 11.2. The van der Waals surface area contributed by atoms with Crippen LogP contribution in [0.15, 0.2) is 53.7 Å². The maximum Gasteiger partial charge on any atom is 0.309 e. The van der Waals surface area contributed by atoms with E-state index >= 15 is 0 Å². The molecule has 2 aromatic carbocycles. The van der Waals surface area contributed by atoms with E-state index in [0.29, 0.717) is 5.02 Å². The lowest BCUT2D eigenvalue weighted by Gasteiger charge is -2.08. The summed E-state index contributed by atoms with van der Waals surface area (Å²) in [4.78, 5) is 16.9. The number of carbonyl (C=O) groups excluding carboxylic acids is 1. The van der Waals surface area contributed by atoms with Crippen LogP contribution in [-0.2, 0) is 27.4 Å². The molecular weight excluding hydrogens is 314 g/mol. The van der Waals surface area contributed by atoms with Gasteiger partial charge in [-0.15, -0.1) is 0 Å². The molecule has 0 spiro atoms. The summed E-state index contributed by atoms with van der Waals surface area (Å²) in [7, 11) is 1.38. The SMILES string of the molecule is COC(=O)Cc1ccccc1CO/N=C(\C)c1ccc(Cl)cc1. The van der Waals surface area contributed by atoms with Crippen LogP contribution in [-0.4, -0.2) is 18.8 Å². The highest BCUT2D eigenvalue weighted by molar-refractivity contribution is 6.30. The minimum Gasteiger partial charge on any atom is -0.469 e. The second kappa shape index (κ2) is 8.34. The molecule has 120 valence electrons. The molecule has 2 rings (SSSR count). The topological polar surface area (TPSA) is 47.9 Å². The first-order valence-electron chi connectivity index (χ1n) is 7.16. The Morgan fingerprint density at radius 1 is 1.09 bits per heavy atom. The lowest BCUT2D eigenvalue weighted by Crippen LogP contribution is -2.07. The Kier molecular flexibility index (Phi) is 6.18. The number of hydrogen-bond acceptors (Lipinski definition) is 4. The molecule has 0 saturated carbocycles. The van der Waals surface area contributed by atoms with Crippen molar-refractivity contribution in [2.75, 3.05) is 7.11 Å². The minimum absolute atomic E-state index is 0.218. The Labute approximate surface area is 140 Å². The van der Waals surface area contributed by atoms with E-state index in [0.717, 1.165) is 22.4 Å². The smallest absolute Gasteiger partial charge is 0.309 e. The number of nitrogens with zero attached hydrogens (tertiary/aromatic N) is 1. The third-order valence-corrected chi connectivity index (χ3v) is 3.62. The first kappa shape index (κ1) is 17.0. The largest absolute Gasteiger partial charge is 0.469 e.